The van der Waals surface area contributed by atoms with Crippen molar-refractivity contribution in [3.05, 3.63) is 28.3 Å². The van der Waals surface area contributed by atoms with Crippen molar-refractivity contribution in [1.82, 2.24) is 0 Å². The fraction of sp³-hybridized carbons (Fsp3) is 0.400. The van der Waals surface area contributed by atoms with Crippen molar-refractivity contribution in [2.45, 2.75) is 20.3 Å². The molecule has 0 fully saturated rings. The molecule has 0 bridgehead atoms. The monoisotopic (exact) mass is 184 g/mol. The minimum Gasteiger partial charge on any atom is -0.495 e. The van der Waals surface area contributed by atoms with Crippen LogP contribution in [-0.4, -0.2) is 7.11 Å². The van der Waals surface area contributed by atoms with Crippen LogP contribution in [0.15, 0.2) is 12.1 Å². The van der Waals surface area contributed by atoms with Gasteiger partial charge in [-0.3, -0.25) is 0 Å². The second-order valence-electron chi connectivity index (χ2n) is 2.78. The summed E-state index contributed by atoms with van der Waals surface area (Å²) in [4.78, 5) is 0. The average Bonchev–Trinajstić information content (AvgIpc) is 2.03. The lowest BCUT2D eigenvalue weighted by atomic mass is 10.1. The molecule has 0 atom stereocenters. The minimum absolute atomic E-state index is 0.703. The minimum atomic E-state index is 0.703. The first kappa shape index (κ1) is 9.40. The van der Waals surface area contributed by atoms with Gasteiger partial charge in [0, 0.05) is 0 Å². The summed E-state index contributed by atoms with van der Waals surface area (Å²) in [6, 6.07) is 4.05. The standard InChI is InChI=1S/C10H13ClO/c1-4-8-5-7(2)10(12-3)9(11)6-8/h5-6H,4H2,1-3H3. The van der Waals surface area contributed by atoms with Crippen LogP contribution in [0.5, 0.6) is 5.75 Å². The molecule has 1 nitrogen and oxygen atoms in total. The summed E-state index contributed by atoms with van der Waals surface area (Å²) in [6.07, 6.45) is 1.00. The van der Waals surface area contributed by atoms with Gasteiger partial charge in [-0.05, 0) is 30.5 Å². The normalized spacial score (nSPS) is 10.0. The maximum atomic E-state index is 5.99. The van der Waals surface area contributed by atoms with Gasteiger partial charge in [0.25, 0.3) is 0 Å². The highest BCUT2D eigenvalue weighted by molar-refractivity contribution is 6.32. The van der Waals surface area contributed by atoms with Crippen molar-refractivity contribution in [1.29, 1.82) is 0 Å². The van der Waals surface area contributed by atoms with E-state index < -0.39 is 0 Å². The molecule has 0 saturated carbocycles. The Morgan fingerprint density at radius 2 is 2.08 bits per heavy atom. The van der Waals surface area contributed by atoms with Crippen molar-refractivity contribution in [3.8, 4) is 5.75 Å². The molecule has 0 spiro atoms. The highest BCUT2D eigenvalue weighted by Gasteiger charge is 2.04. The van der Waals surface area contributed by atoms with Crippen molar-refractivity contribution in [3.63, 3.8) is 0 Å². The highest BCUT2D eigenvalue weighted by atomic mass is 35.5. The van der Waals surface area contributed by atoms with Crippen LogP contribution in [0.4, 0.5) is 0 Å². The Balaban J connectivity index is 3.18. The van der Waals surface area contributed by atoms with Gasteiger partial charge in [0.1, 0.15) is 5.75 Å². The largest absolute Gasteiger partial charge is 0.495 e. The average molecular weight is 185 g/mol. The number of benzene rings is 1. The lowest BCUT2D eigenvalue weighted by Crippen LogP contribution is -1.90. The van der Waals surface area contributed by atoms with Crippen LogP contribution in [0.25, 0.3) is 0 Å². The molecule has 0 aliphatic rings. The fourth-order valence-corrected chi connectivity index (χ4v) is 1.63. The first-order valence-corrected chi connectivity index (χ1v) is 4.39. The molecule has 12 heavy (non-hydrogen) atoms. The zero-order valence-corrected chi connectivity index (χ0v) is 8.40. The number of aryl methyl sites for hydroxylation is 2. The third-order valence-corrected chi connectivity index (χ3v) is 2.18. The van der Waals surface area contributed by atoms with E-state index >= 15 is 0 Å². The molecule has 1 aromatic rings. The fourth-order valence-electron chi connectivity index (χ4n) is 1.26. The molecule has 0 radical (unpaired) electrons. The van der Waals surface area contributed by atoms with Gasteiger partial charge in [0.2, 0.25) is 0 Å². The van der Waals surface area contributed by atoms with Crippen LogP contribution in [0.1, 0.15) is 18.1 Å². The topological polar surface area (TPSA) is 9.23 Å². The molecule has 0 amide bonds. The maximum Gasteiger partial charge on any atom is 0.140 e. The Hall–Kier alpha value is -0.690. The van der Waals surface area contributed by atoms with Crippen molar-refractivity contribution >= 4 is 11.6 Å². The molecule has 1 aromatic carbocycles. The van der Waals surface area contributed by atoms with Crippen molar-refractivity contribution in [2.75, 3.05) is 7.11 Å². The van der Waals surface area contributed by atoms with Crippen LogP contribution in [0, 0.1) is 6.92 Å². The van der Waals surface area contributed by atoms with E-state index in [0.29, 0.717) is 5.02 Å². The van der Waals surface area contributed by atoms with Gasteiger partial charge < -0.3 is 4.74 Å². The van der Waals surface area contributed by atoms with E-state index in [1.54, 1.807) is 7.11 Å². The Morgan fingerprint density at radius 1 is 1.42 bits per heavy atom. The maximum absolute atomic E-state index is 5.99. The van der Waals surface area contributed by atoms with Crippen LogP contribution in [0.3, 0.4) is 0 Å². The molecule has 1 rings (SSSR count). The van der Waals surface area contributed by atoms with E-state index in [0.717, 1.165) is 17.7 Å². The second kappa shape index (κ2) is 3.81. The second-order valence-corrected chi connectivity index (χ2v) is 3.19. The lowest BCUT2D eigenvalue weighted by molar-refractivity contribution is 0.412. The Kier molecular flexibility index (Phi) is 2.99. The van der Waals surface area contributed by atoms with Crippen molar-refractivity contribution in [2.24, 2.45) is 0 Å². The van der Waals surface area contributed by atoms with Crippen LogP contribution < -0.4 is 4.74 Å². The predicted octanol–water partition coefficient (Wildman–Crippen LogP) is 3.22. The van der Waals surface area contributed by atoms with Crippen LogP contribution >= 0.6 is 11.6 Å². The highest BCUT2D eigenvalue weighted by Crippen LogP contribution is 2.29. The summed E-state index contributed by atoms with van der Waals surface area (Å²) in [5.74, 6) is 0.786. The smallest absolute Gasteiger partial charge is 0.140 e. The van der Waals surface area contributed by atoms with E-state index in [9.17, 15) is 0 Å². The zero-order valence-electron chi connectivity index (χ0n) is 7.65. The van der Waals surface area contributed by atoms with Crippen LogP contribution in [0.2, 0.25) is 5.02 Å². The van der Waals surface area contributed by atoms with E-state index in [4.69, 9.17) is 16.3 Å². The molecular formula is C10H13ClO. The van der Waals surface area contributed by atoms with E-state index in [1.807, 2.05) is 13.0 Å². The van der Waals surface area contributed by atoms with Gasteiger partial charge in [-0.15, -0.1) is 0 Å². The predicted molar refractivity (Wildman–Crippen MR) is 52.1 cm³/mol. The summed E-state index contributed by atoms with van der Waals surface area (Å²) < 4.78 is 5.14. The summed E-state index contributed by atoms with van der Waals surface area (Å²) in [5, 5.41) is 0.703. The first-order valence-electron chi connectivity index (χ1n) is 4.02. The van der Waals surface area contributed by atoms with Gasteiger partial charge in [-0.25, -0.2) is 0 Å². The van der Waals surface area contributed by atoms with Crippen molar-refractivity contribution < 1.29 is 4.74 Å². The Morgan fingerprint density at radius 3 is 2.50 bits per heavy atom. The first-order chi connectivity index (χ1) is 5.69. The van der Waals surface area contributed by atoms with E-state index in [1.165, 1.54) is 5.56 Å². The molecule has 0 unspecified atom stereocenters. The third kappa shape index (κ3) is 1.72. The zero-order chi connectivity index (χ0) is 9.14. The molecule has 0 saturated heterocycles. The van der Waals surface area contributed by atoms with Gasteiger partial charge in [-0.2, -0.15) is 0 Å². The molecule has 2 heteroatoms. The van der Waals surface area contributed by atoms with E-state index in [2.05, 4.69) is 13.0 Å². The molecule has 0 aliphatic carbocycles. The van der Waals surface area contributed by atoms with Gasteiger partial charge in [-0.1, -0.05) is 24.6 Å². The Bertz CT molecular complexity index is 258. The lowest BCUT2D eigenvalue weighted by Gasteiger charge is -2.08. The number of hydrogen-bond donors (Lipinski definition) is 0. The number of hydrogen-bond acceptors (Lipinski definition) is 1. The number of halogens is 1. The molecule has 0 aliphatic heterocycles. The van der Waals surface area contributed by atoms with Gasteiger partial charge in [0.05, 0.1) is 12.1 Å². The summed E-state index contributed by atoms with van der Waals surface area (Å²) >= 11 is 5.99. The molecule has 0 N–H and O–H groups in total. The summed E-state index contributed by atoms with van der Waals surface area (Å²) in [5.41, 5.74) is 2.35. The van der Waals surface area contributed by atoms with E-state index in [-0.39, 0.29) is 0 Å². The van der Waals surface area contributed by atoms with Gasteiger partial charge in [0.15, 0.2) is 0 Å². The number of methoxy groups -OCH3 is 1. The Labute approximate surface area is 78.3 Å². The molecule has 0 aromatic heterocycles. The summed E-state index contributed by atoms with van der Waals surface area (Å²) in [6.45, 7) is 4.11. The quantitative estimate of drug-likeness (QED) is 0.686. The SMILES string of the molecule is CCc1cc(C)c(OC)c(Cl)c1. The molecule has 0 heterocycles. The van der Waals surface area contributed by atoms with Crippen LogP contribution in [-0.2, 0) is 6.42 Å². The molecule has 66 valence electrons. The van der Waals surface area contributed by atoms with Gasteiger partial charge >= 0.3 is 0 Å². The molecular weight excluding hydrogens is 172 g/mol. The summed E-state index contributed by atoms with van der Waals surface area (Å²) in [7, 11) is 1.64. The third-order valence-electron chi connectivity index (χ3n) is 1.90. The number of rotatable bonds is 2. The number of ether oxygens (including phenoxy) is 1.